The molecule has 1 rings (SSSR count). The van der Waals surface area contributed by atoms with E-state index < -0.39 is 0 Å². The van der Waals surface area contributed by atoms with Crippen LogP contribution in [0.3, 0.4) is 0 Å². The zero-order chi connectivity index (χ0) is 11.3. The van der Waals surface area contributed by atoms with E-state index in [9.17, 15) is 4.79 Å². The van der Waals surface area contributed by atoms with E-state index in [1.165, 1.54) is 6.42 Å². The van der Waals surface area contributed by atoms with Gasteiger partial charge in [-0.15, -0.1) is 0 Å². The summed E-state index contributed by atoms with van der Waals surface area (Å²) in [6, 6.07) is 0. The normalized spacial score (nSPS) is 23.9. The molecule has 88 valence electrons. The molecule has 0 aliphatic carbocycles. The van der Waals surface area contributed by atoms with Gasteiger partial charge in [0.2, 0.25) is 5.91 Å². The molecule has 0 unspecified atom stereocenters. The molecular formula is C12H24N2O. The molecule has 1 fully saturated rings. The molecule has 0 aromatic rings. The Morgan fingerprint density at radius 3 is 2.93 bits per heavy atom. The quantitative estimate of drug-likeness (QED) is 0.769. The van der Waals surface area contributed by atoms with Crippen molar-refractivity contribution in [3.05, 3.63) is 0 Å². The van der Waals surface area contributed by atoms with Gasteiger partial charge in [0.15, 0.2) is 0 Å². The smallest absolute Gasteiger partial charge is 0.222 e. The first-order valence-corrected chi connectivity index (χ1v) is 6.15. The lowest BCUT2D eigenvalue weighted by Gasteiger charge is -2.32. The third-order valence-corrected chi connectivity index (χ3v) is 3.43. The maximum Gasteiger partial charge on any atom is 0.222 e. The highest BCUT2D eigenvalue weighted by atomic mass is 16.2. The van der Waals surface area contributed by atoms with Gasteiger partial charge in [-0.2, -0.15) is 0 Å². The van der Waals surface area contributed by atoms with Gasteiger partial charge in [0, 0.05) is 19.5 Å². The van der Waals surface area contributed by atoms with Crippen molar-refractivity contribution in [2.75, 3.05) is 19.6 Å². The van der Waals surface area contributed by atoms with Gasteiger partial charge in [-0.3, -0.25) is 4.79 Å². The van der Waals surface area contributed by atoms with Gasteiger partial charge in [0.1, 0.15) is 0 Å². The maximum atomic E-state index is 11.9. The number of nitrogens with zero attached hydrogens (tertiary/aromatic N) is 1. The third-order valence-electron chi connectivity index (χ3n) is 3.43. The second-order valence-electron chi connectivity index (χ2n) is 4.80. The fourth-order valence-electron chi connectivity index (χ4n) is 2.06. The molecule has 0 radical (unpaired) electrons. The SMILES string of the molecule is CC[C@@H](C)CC(=O)N1CCC[C@@H](CN)C1. The van der Waals surface area contributed by atoms with E-state index in [1.54, 1.807) is 0 Å². The van der Waals surface area contributed by atoms with Gasteiger partial charge in [0.25, 0.3) is 0 Å². The molecule has 1 aliphatic heterocycles. The van der Waals surface area contributed by atoms with E-state index in [1.807, 2.05) is 4.90 Å². The Hall–Kier alpha value is -0.570. The molecule has 2 atom stereocenters. The summed E-state index contributed by atoms with van der Waals surface area (Å²) in [4.78, 5) is 13.9. The van der Waals surface area contributed by atoms with Crippen LogP contribution >= 0.6 is 0 Å². The summed E-state index contributed by atoms with van der Waals surface area (Å²) in [6.07, 6.45) is 4.09. The van der Waals surface area contributed by atoms with Crippen LogP contribution in [0.4, 0.5) is 0 Å². The van der Waals surface area contributed by atoms with Crippen molar-refractivity contribution in [3.63, 3.8) is 0 Å². The average molecular weight is 212 g/mol. The molecular weight excluding hydrogens is 188 g/mol. The molecule has 0 saturated carbocycles. The standard InChI is InChI=1S/C12H24N2O/c1-3-10(2)7-12(15)14-6-4-5-11(8-13)9-14/h10-11H,3-9,13H2,1-2H3/t10-,11+/m1/s1. The summed E-state index contributed by atoms with van der Waals surface area (Å²) < 4.78 is 0. The van der Waals surface area contributed by atoms with Crippen LogP contribution in [-0.4, -0.2) is 30.4 Å². The molecule has 0 aromatic heterocycles. The number of hydrogen-bond acceptors (Lipinski definition) is 2. The number of carbonyl (C=O) groups excluding carboxylic acids is 1. The van der Waals surface area contributed by atoms with Gasteiger partial charge >= 0.3 is 0 Å². The van der Waals surface area contributed by atoms with Gasteiger partial charge < -0.3 is 10.6 Å². The van der Waals surface area contributed by atoms with Crippen molar-refractivity contribution in [3.8, 4) is 0 Å². The van der Waals surface area contributed by atoms with Gasteiger partial charge in [-0.25, -0.2) is 0 Å². The number of carbonyl (C=O) groups is 1. The summed E-state index contributed by atoms with van der Waals surface area (Å²) in [7, 11) is 0. The van der Waals surface area contributed by atoms with E-state index in [2.05, 4.69) is 13.8 Å². The van der Waals surface area contributed by atoms with Crippen LogP contribution in [0.2, 0.25) is 0 Å². The van der Waals surface area contributed by atoms with Crippen molar-refractivity contribution in [1.82, 2.24) is 4.90 Å². The van der Waals surface area contributed by atoms with Crippen LogP contribution in [0, 0.1) is 11.8 Å². The van der Waals surface area contributed by atoms with Crippen LogP contribution in [0.15, 0.2) is 0 Å². The minimum absolute atomic E-state index is 0.322. The second-order valence-corrected chi connectivity index (χ2v) is 4.80. The second kappa shape index (κ2) is 6.11. The van der Waals surface area contributed by atoms with E-state index in [4.69, 9.17) is 5.73 Å². The van der Waals surface area contributed by atoms with Crippen LogP contribution < -0.4 is 5.73 Å². The van der Waals surface area contributed by atoms with Gasteiger partial charge in [-0.05, 0) is 31.2 Å². The van der Waals surface area contributed by atoms with E-state index in [-0.39, 0.29) is 0 Å². The van der Waals surface area contributed by atoms with Crippen LogP contribution in [0.25, 0.3) is 0 Å². The molecule has 2 N–H and O–H groups in total. The van der Waals surface area contributed by atoms with Crippen LogP contribution in [0.1, 0.15) is 39.5 Å². The predicted octanol–water partition coefficient (Wildman–Crippen LogP) is 1.62. The lowest BCUT2D eigenvalue weighted by Crippen LogP contribution is -2.42. The van der Waals surface area contributed by atoms with Gasteiger partial charge in [0.05, 0.1) is 0 Å². The van der Waals surface area contributed by atoms with Gasteiger partial charge in [-0.1, -0.05) is 20.3 Å². The van der Waals surface area contributed by atoms with E-state index in [0.717, 1.165) is 25.9 Å². The number of hydrogen-bond donors (Lipinski definition) is 1. The molecule has 0 spiro atoms. The summed E-state index contributed by atoms with van der Waals surface area (Å²) in [5, 5.41) is 0. The van der Waals surface area contributed by atoms with Crippen LogP contribution in [0.5, 0.6) is 0 Å². The number of amides is 1. The number of piperidine rings is 1. The number of nitrogens with two attached hydrogens (primary N) is 1. The monoisotopic (exact) mass is 212 g/mol. The van der Waals surface area contributed by atoms with E-state index in [0.29, 0.717) is 30.7 Å². The molecule has 3 heteroatoms. The minimum atomic E-state index is 0.322. The summed E-state index contributed by atoms with van der Waals surface area (Å²) in [5.74, 6) is 1.36. The largest absolute Gasteiger partial charge is 0.342 e. The highest BCUT2D eigenvalue weighted by molar-refractivity contribution is 5.76. The molecule has 0 bridgehead atoms. The summed E-state index contributed by atoms with van der Waals surface area (Å²) in [5.41, 5.74) is 5.66. The third kappa shape index (κ3) is 3.82. The van der Waals surface area contributed by atoms with Crippen molar-refractivity contribution < 1.29 is 4.79 Å². The molecule has 15 heavy (non-hydrogen) atoms. The highest BCUT2D eigenvalue weighted by Gasteiger charge is 2.23. The predicted molar refractivity (Wildman–Crippen MR) is 62.4 cm³/mol. The Bertz CT molecular complexity index is 206. The fourth-order valence-corrected chi connectivity index (χ4v) is 2.06. The Kier molecular flexibility index (Phi) is 5.09. The maximum absolute atomic E-state index is 11.9. The minimum Gasteiger partial charge on any atom is -0.342 e. The first kappa shape index (κ1) is 12.5. The molecule has 1 aliphatic rings. The molecule has 0 aromatic carbocycles. The Balaban J connectivity index is 2.38. The summed E-state index contributed by atoms with van der Waals surface area (Å²) in [6.45, 7) is 6.81. The molecule has 1 saturated heterocycles. The lowest BCUT2D eigenvalue weighted by atomic mass is 9.97. The lowest BCUT2D eigenvalue weighted by molar-refractivity contribution is -0.133. The van der Waals surface area contributed by atoms with Crippen LogP contribution in [-0.2, 0) is 4.79 Å². The Morgan fingerprint density at radius 2 is 2.33 bits per heavy atom. The zero-order valence-corrected chi connectivity index (χ0v) is 10.0. The highest BCUT2D eigenvalue weighted by Crippen LogP contribution is 2.18. The topological polar surface area (TPSA) is 46.3 Å². The van der Waals surface area contributed by atoms with E-state index >= 15 is 0 Å². The summed E-state index contributed by atoms with van der Waals surface area (Å²) >= 11 is 0. The Labute approximate surface area is 93.0 Å². The number of rotatable bonds is 4. The number of likely N-dealkylation sites (tertiary alicyclic amines) is 1. The van der Waals surface area contributed by atoms with Crippen molar-refractivity contribution in [2.24, 2.45) is 17.6 Å². The average Bonchev–Trinajstić information content (AvgIpc) is 2.28. The van der Waals surface area contributed by atoms with Crippen molar-refractivity contribution in [2.45, 2.75) is 39.5 Å². The molecule has 1 heterocycles. The fraction of sp³-hybridized carbons (Fsp3) is 0.917. The van der Waals surface area contributed by atoms with Crippen molar-refractivity contribution in [1.29, 1.82) is 0 Å². The van der Waals surface area contributed by atoms with Crippen molar-refractivity contribution >= 4 is 5.91 Å². The molecule has 3 nitrogen and oxygen atoms in total. The Morgan fingerprint density at radius 1 is 1.60 bits per heavy atom. The first-order chi connectivity index (χ1) is 7.17. The zero-order valence-electron chi connectivity index (χ0n) is 10.0. The first-order valence-electron chi connectivity index (χ1n) is 6.15. The molecule has 1 amide bonds.